The molecule has 3 heterocycles. The third kappa shape index (κ3) is 4.68. The number of hydrogen-bond acceptors (Lipinski definition) is 4. The predicted molar refractivity (Wildman–Crippen MR) is 143 cm³/mol. The summed E-state index contributed by atoms with van der Waals surface area (Å²) >= 11 is 1.53. The van der Waals surface area contributed by atoms with E-state index >= 15 is 0 Å². The molecule has 1 aliphatic heterocycles. The number of nitrogens with one attached hydrogen (secondary N) is 2. The lowest BCUT2D eigenvalue weighted by Gasteiger charge is -2.36. The standard InChI is InChI=1S/C28H36N4O2S/c1-17-15-25(35-4)23(27(33)30-17)16-29-28(34)26-19(3)32(24-8-6-5-7-22(24)26)18(2)20-11-13-31(14-12-20)21-9-10-21/h5-8,15,18,20-21H,9-14,16H2,1-4H3,(H,29,34)(H,30,33). The van der Waals surface area contributed by atoms with Gasteiger partial charge in [-0.15, -0.1) is 11.8 Å². The number of thioether (sulfide) groups is 1. The molecule has 0 spiro atoms. The number of aromatic nitrogens is 2. The summed E-state index contributed by atoms with van der Waals surface area (Å²) in [5.41, 5.74) is 4.13. The lowest BCUT2D eigenvalue weighted by Crippen LogP contribution is -2.37. The van der Waals surface area contributed by atoms with E-state index in [4.69, 9.17) is 0 Å². The van der Waals surface area contributed by atoms with Crippen molar-refractivity contribution in [1.29, 1.82) is 0 Å². The van der Waals surface area contributed by atoms with Gasteiger partial charge in [-0.2, -0.15) is 0 Å². The molecular weight excluding hydrogens is 456 g/mol. The molecule has 1 amide bonds. The molecule has 3 aromatic rings. The van der Waals surface area contributed by atoms with Crippen molar-refractivity contribution in [3.63, 3.8) is 0 Å². The lowest BCUT2D eigenvalue weighted by atomic mass is 9.90. The fraction of sp³-hybridized carbons (Fsp3) is 0.500. The molecular formula is C28H36N4O2S. The van der Waals surface area contributed by atoms with Gasteiger partial charge in [0.25, 0.3) is 11.5 Å². The van der Waals surface area contributed by atoms with Crippen molar-refractivity contribution in [3.8, 4) is 0 Å². The van der Waals surface area contributed by atoms with Crippen LogP contribution in [-0.4, -0.2) is 45.7 Å². The number of pyridine rings is 1. The topological polar surface area (TPSA) is 70.1 Å². The molecule has 6 nitrogen and oxygen atoms in total. The van der Waals surface area contributed by atoms with Crippen molar-refractivity contribution in [3.05, 3.63) is 63.2 Å². The number of para-hydroxylation sites is 1. The maximum absolute atomic E-state index is 13.5. The molecule has 7 heteroatoms. The minimum Gasteiger partial charge on any atom is -0.348 e. The number of rotatable bonds is 7. The number of carbonyl (C=O) groups excluding carboxylic acids is 1. The number of fused-ring (bicyclic) bond motifs is 1. The van der Waals surface area contributed by atoms with Crippen LogP contribution in [0.3, 0.4) is 0 Å². The highest BCUT2D eigenvalue weighted by Crippen LogP contribution is 2.38. The van der Waals surface area contributed by atoms with E-state index < -0.39 is 0 Å². The first kappa shape index (κ1) is 24.2. The quantitative estimate of drug-likeness (QED) is 0.454. The molecule has 2 fully saturated rings. The van der Waals surface area contributed by atoms with E-state index in [0.29, 0.717) is 17.5 Å². The number of likely N-dealkylation sites (tertiary alicyclic amines) is 1. The van der Waals surface area contributed by atoms with E-state index in [0.717, 1.165) is 38.8 Å². The van der Waals surface area contributed by atoms with Crippen LogP contribution in [0.15, 0.2) is 40.0 Å². The first-order valence-electron chi connectivity index (χ1n) is 12.8. The van der Waals surface area contributed by atoms with Gasteiger partial charge in [-0.3, -0.25) is 9.59 Å². The van der Waals surface area contributed by atoms with E-state index in [9.17, 15) is 9.59 Å². The Labute approximate surface area is 211 Å². The summed E-state index contributed by atoms with van der Waals surface area (Å²) < 4.78 is 2.38. The number of amides is 1. The lowest BCUT2D eigenvalue weighted by molar-refractivity contribution is 0.0950. The number of H-pyrrole nitrogens is 1. The molecule has 0 bridgehead atoms. The fourth-order valence-electron chi connectivity index (χ4n) is 5.91. The third-order valence-corrected chi connectivity index (χ3v) is 8.79. The highest BCUT2D eigenvalue weighted by molar-refractivity contribution is 7.98. The highest BCUT2D eigenvalue weighted by Gasteiger charge is 2.34. The summed E-state index contributed by atoms with van der Waals surface area (Å²) in [6.45, 7) is 8.84. The number of carbonyl (C=O) groups is 1. The summed E-state index contributed by atoms with van der Waals surface area (Å²) in [6.07, 6.45) is 7.10. The van der Waals surface area contributed by atoms with Crippen LogP contribution in [0.2, 0.25) is 0 Å². The van der Waals surface area contributed by atoms with Crippen LogP contribution in [0.1, 0.15) is 66.0 Å². The van der Waals surface area contributed by atoms with Crippen LogP contribution >= 0.6 is 11.8 Å². The maximum atomic E-state index is 13.5. The first-order valence-corrected chi connectivity index (χ1v) is 14.0. The Hall–Kier alpha value is -2.51. The van der Waals surface area contributed by atoms with Crippen molar-refractivity contribution < 1.29 is 4.79 Å². The number of hydrogen-bond donors (Lipinski definition) is 2. The zero-order valence-electron chi connectivity index (χ0n) is 21.2. The van der Waals surface area contributed by atoms with E-state index in [-0.39, 0.29) is 18.0 Å². The number of aryl methyl sites for hydroxylation is 1. The van der Waals surface area contributed by atoms with Gasteiger partial charge in [-0.05, 0) is 83.9 Å². The Kier molecular flexibility index (Phi) is 6.82. The number of piperidine rings is 1. The SMILES string of the molecule is CSc1cc(C)[nH]c(=O)c1CNC(=O)c1c(C)n(C(C)C2CCN(C3CC3)CC2)c2ccccc12. The monoisotopic (exact) mass is 492 g/mol. The van der Waals surface area contributed by atoms with Gasteiger partial charge < -0.3 is 19.8 Å². The van der Waals surface area contributed by atoms with Gasteiger partial charge in [0.1, 0.15) is 0 Å². The zero-order chi connectivity index (χ0) is 24.7. The van der Waals surface area contributed by atoms with Crippen LogP contribution in [0.4, 0.5) is 0 Å². The average molecular weight is 493 g/mol. The average Bonchev–Trinajstić information content (AvgIpc) is 3.65. The molecule has 186 valence electrons. The summed E-state index contributed by atoms with van der Waals surface area (Å²) in [7, 11) is 0. The van der Waals surface area contributed by atoms with Crippen molar-refractivity contribution in [2.24, 2.45) is 5.92 Å². The number of nitrogens with zero attached hydrogens (tertiary/aromatic N) is 2. The van der Waals surface area contributed by atoms with Crippen LogP contribution in [0.25, 0.3) is 10.9 Å². The number of benzene rings is 1. The van der Waals surface area contributed by atoms with Crippen molar-refractivity contribution in [1.82, 2.24) is 19.8 Å². The molecule has 2 N–H and O–H groups in total. The Morgan fingerprint density at radius 1 is 1.17 bits per heavy atom. The molecule has 35 heavy (non-hydrogen) atoms. The van der Waals surface area contributed by atoms with Gasteiger partial charge >= 0.3 is 0 Å². The van der Waals surface area contributed by atoms with Crippen LogP contribution in [0.5, 0.6) is 0 Å². The first-order chi connectivity index (χ1) is 16.9. The molecule has 2 aliphatic rings. The van der Waals surface area contributed by atoms with Crippen molar-refractivity contribution >= 4 is 28.6 Å². The molecule has 0 radical (unpaired) electrons. The Morgan fingerprint density at radius 3 is 2.57 bits per heavy atom. The normalized spacial score (nSPS) is 18.2. The van der Waals surface area contributed by atoms with Crippen LogP contribution in [0, 0.1) is 19.8 Å². The van der Waals surface area contributed by atoms with E-state index in [1.165, 1.54) is 50.5 Å². The molecule has 1 saturated carbocycles. The summed E-state index contributed by atoms with van der Waals surface area (Å²) in [5, 5.41) is 4.03. The minimum absolute atomic E-state index is 0.125. The molecule has 1 atom stereocenters. The van der Waals surface area contributed by atoms with Gasteiger partial charge in [-0.25, -0.2) is 0 Å². The van der Waals surface area contributed by atoms with E-state index in [2.05, 4.69) is 45.7 Å². The fourth-order valence-corrected chi connectivity index (χ4v) is 6.62. The molecule has 5 rings (SSSR count). The second-order valence-electron chi connectivity index (χ2n) is 10.2. The van der Waals surface area contributed by atoms with Crippen molar-refractivity contribution in [2.45, 2.75) is 70.0 Å². The summed E-state index contributed by atoms with van der Waals surface area (Å²) in [4.78, 5) is 32.5. The van der Waals surface area contributed by atoms with Gasteiger partial charge in [0.2, 0.25) is 0 Å². The van der Waals surface area contributed by atoms with E-state index in [1.807, 2.05) is 31.4 Å². The van der Waals surface area contributed by atoms with Crippen LogP contribution in [-0.2, 0) is 6.54 Å². The smallest absolute Gasteiger partial charge is 0.254 e. The van der Waals surface area contributed by atoms with Crippen LogP contribution < -0.4 is 10.9 Å². The predicted octanol–water partition coefficient (Wildman–Crippen LogP) is 5.03. The summed E-state index contributed by atoms with van der Waals surface area (Å²) in [5.74, 6) is 0.478. The summed E-state index contributed by atoms with van der Waals surface area (Å²) in [6, 6.07) is 11.3. The second-order valence-corrected chi connectivity index (χ2v) is 11.1. The third-order valence-electron chi connectivity index (χ3n) is 7.99. The van der Waals surface area contributed by atoms with Gasteiger partial charge in [0.05, 0.1) is 5.56 Å². The minimum atomic E-state index is -0.139. The Bertz CT molecular complexity index is 1300. The highest BCUT2D eigenvalue weighted by atomic mass is 32.2. The largest absolute Gasteiger partial charge is 0.348 e. The Balaban J connectivity index is 1.41. The van der Waals surface area contributed by atoms with Crippen molar-refractivity contribution in [2.75, 3.05) is 19.3 Å². The molecule has 1 aliphatic carbocycles. The van der Waals surface area contributed by atoms with Gasteiger partial charge in [0.15, 0.2) is 0 Å². The number of aromatic amines is 1. The Morgan fingerprint density at radius 2 is 1.89 bits per heavy atom. The zero-order valence-corrected chi connectivity index (χ0v) is 22.0. The molecule has 2 aromatic heterocycles. The van der Waals surface area contributed by atoms with E-state index in [1.54, 1.807) is 0 Å². The molecule has 1 aromatic carbocycles. The second kappa shape index (κ2) is 9.86. The van der Waals surface area contributed by atoms with Gasteiger partial charge in [0, 0.05) is 51.4 Å². The van der Waals surface area contributed by atoms with Gasteiger partial charge in [-0.1, -0.05) is 18.2 Å². The molecule has 1 saturated heterocycles. The maximum Gasteiger partial charge on any atom is 0.254 e. The molecule has 1 unspecified atom stereocenters.